The lowest BCUT2D eigenvalue weighted by atomic mass is 10.0. The lowest BCUT2D eigenvalue weighted by Crippen LogP contribution is -2.31. The number of amides is 1. The molecule has 4 nitrogen and oxygen atoms in total. The zero-order chi connectivity index (χ0) is 13.9. The fourth-order valence-electron chi connectivity index (χ4n) is 2.48. The van der Waals surface area contributed by atoms with Gasteiger partial charge in [-0.2, -0.15) is 0 Å². The van der Waals surface area contributed by atoms with E-state index in [9.17, 15) is 4.79 Å². The van der Waals surface area contributed by atoms with Crippen LogP contribution in [0, 0.1) is 6.92 Å². The molecule has 0 aliphatic carbocycles. The fraction of sp³-hybridized carbons (Fsp3) is 0.333. The predicted molar refractivity (Wildman–Crippen MR) is 81.2 cm³/mol. The number of carbonyl (C=O) groups excluding carboxylic acids is 1. The summed E-state index contributed by atoms with van der Waals surface area (Å²) in [5.41, 5.74) is 3.22. The third-order valence-corrected chi connectivity index (χ3v) is 4.32. The third-order valence-electron chi connectivity index (χ3n) is 3.50. The smallest absolute Gasteiger partial charge is 0.229 e. The van der Waals surface area contributed by atoms with Crippen molar-refractivity contribution in [3.05, 3.63) is 45.9 Å². The van der Waals surface area contributed by atoms with Crippen LogP contribution in [0.2, 0.25) is 0 Å². The Hall–Kier alpha value is -1.88. The summed E-state index contributed by atoms with van der Waals surface area (Å²) in [5, 5.41) is 9.40. The first-order chi connectivity index (χ1) is 9.74. The van der Waals surface area contributed by atoms with Crippen molar-refractivity contribution in [2.45, 2.75) is 19.3 Å². The van der Waals surface area contributed by atoms with Gasteiger partial charge in [0.1, 0.15) is 0 Å². The lowest BCUT2D eigenvalue weighted by molar-refractivity contribution is -0.122. The van der Waals surface area contributed by atoms with Crippen LogP contribution < -0.4 is 10.6 Å². The first kappa shape index (κ1) is 13.1. The zero-order valence-electron chi connectivity index (χ0n) is 11.3. The van der Waals surface area contributed by atoms with E-state index in [0.717, 1.165) is 28.4 Å². The van der Waals surface area contributed by atoms with E-state index in [1.807, 2.05) is 36.6 Å². The Morgan fingerprint density at radius 1 is 1.50 bits per heavy atom. The first-order valence-electron chi connectivity index (χ1n) is 6.75. The van der Waals surface area contributed by atoms with Gasteiger partial charge in [0, 0.05) is 30.6 Å². The Bertz CT molecular complexity index is 623. The molecule has 0 spiro atoms. The highest BCUT2D eigenvalue weighted by Gasteiger charge is 2.27. The molecule has 1 unspecified atom stereocenters. The molecule has 0 fully saturated rings. The van der Waals surface area contributed by atoms with E-state index in [4.69, 9.17) is 0 Å². The number of carbonyl (C=O) groups is 1. The van der Waals surface area contributed by atoms with Crippen LogP contribution in [-0.4, -0.2) is 24.0 Å². The molecule has 0 radical (unpaired) electrons. The number of anilines is 1. The minimum absolute atomic E-state index is 0.0802. The van der Waals surface area contributed by atoms with Gasteiger partial charge in [0.2, 0.25) is 5.91 Å². The number of para-hydroxylation sites is 1. The zero-order valence-corrected chi connectivity index (χ0v) is 12.2. The molecule has 1 aromatic heterocycles. The maximum atomic E-state index is 12.2. The van der Waals surface area contributed by atoms with Crippen LogP contribution in [0.25, 0.3) is 0 Å². The number of hydrogen-bond donors (Lipinski definition) is 2. The van der Waals surface area contributed by atoms with Gasteiger partial charge in [-0.25, -0.2) is 4.98 Å². The van der Waals surface area contributed by atoms with Gasteiger partial charge in [0.15, 0.2) is 0 Å². The first-order valence-corrected chi connectivity index (χ1v) is 7.63. The Morgan fingerprint density at radius 3 is 3.15 bits per heavy atom. The minimum atomic E-state index is -0.0802. The normalized spacial score (nSPS) is 16.6. The second kappa shape index (κ2) is 5.63. The Balaban J connectivity index is 1.55. The van der Waals surface area contributed by atoms with Crippen molar-refractivity contribution in [1.82, 2.24) is 10.3 Å². The monoisotopic (exact) mass is 287 g/mol. The van der Waals surface area contributed by atoms with E-state index >= 15 is 0 Å². The van der Waals surface area contributed by atoms with Gasteiger partial charge in [-0.05, 0) is 18.6 Å². The van der Waals surface area contributed by atoms with Crippen LogP contribution >= 0.6 is 11.3 Å². The number of rotatable bonds is 4. The van der Waals surface area contributed by atoms with Gasteiger partial charge < -0.3 is 10.6 Å². The molecule has 1 atom stereocenters. The van der Waals surface area contributed by atoms with Gasteiger partial charge in [-0.1, -0.05) is 18.2 Å². The van der Waals surface area contributed by atoms with E-state index in [1.165, 1.54) is 0 Å². The number of fused-ring (bicyclic) bond motifs is 1. The highest BCUT2D eigenvalue weighted by atomic mass is 32.1. The molecule has 1 aromatic carbocycles. The van der Waals surface area contributed by atoms with Crippen molar-refractivity contribution in [3.8, 4) is 0 Å². The number of nitrogens with one attached hydrogen (secondary N) is 2. The van der Waals surface area contributed by atoms with Gasteiger partial charge >= 0.3 is 0 Å². The van der Waals surface area contributed by atoms with Crippen LogP contribution in [0.15, 0.2) is 29.6 Å². The maximum absolute atomic E-state index is 12.2. The van der Waals surface area contributed by atoms with Gasteiger partial charge in [0.05, 0.1) is 16.6 Å². The van der Waals surface area contributed by atoms with Crippen molar-refractivity contribution in [2.24, 2.45) is 0 Å². The summed E-state index contributed by atoms with van der Waals surface area (Å²) in [5.74, 6) is 0.0118. The predicted octanol–water partition coefficient (Wildman–Crippen LogP) is 2.32. The number of aromatic nitrogens is 1. The number of thiazole rings is 1. The van der Waals surface area contributed by atoms with Crippen molar-refractivity contribution >= 4 is 22.9 Å². The molecule has 1 aliphatic heterocycles. The molecule has 104 valence electrons. The fourth-order valence-corrected chi connectivity index (χ4v) is 3.12. The molecular weight excluding hydrogens is 270 g/mol. The standard InChI is InChI=1S/C15H17N3OS/c1-10-18-11(9-20-10)6-7-16-15(19)13-8-17-14-5-3-2-4-12(13)14/h2-5,9,13,17H,6-8H2,1H3,(H,16,19). The molecule has 0 saturated heterocycles. The van der Waals surface area contributed by atoms with Crippen LogP contribution in [0.1, 0.15) is 22.2 Å². The SMILES string of the molecule is Cc1nc(CCNC(=O)C2CNc3ccccc32)cs1. The summed E-state index contributed by atoms with van der Waals surface area (Å²) in [7, 11) is 0. The molecular formula is C15H17N3OS. The summed E-state index contributed by atoms with van der Waals surface area (Å²) in [4.78, 5) is 16.6. The lowest BCUT2D eigenvalue weighted by Gasteiger charge is -2.10. The number of aryl methyl sites for hydroxylation is 1. The molecule has 1 amide bonds. The number of hydrogen-bond acceptors (Lipinski definition) is 4. The average molecular weight is 287 g/mol. The highest BCUT2D eigenvalue weighted by molar-refractivity contribution is 7.09. The second-order valence-electron chi connectivity index (χ2n) is 4.92. The Morgan fingerprint density at radius 2 is 2.35 bits per heavy atom. The molecule has 3 rings (SSSR count). The molecule has 20 heavy (non-hydrogen) atoms. The third kappa shape index (κ3) is 2.67. The summed E-state index contributed by atoms with van der Waals surface area (Å²) in [6.07, 6.45) is 0.790. The number of benzene rings is 1. The number of nitrogens with zero attached hydrogens (tertiary/aromatic N) is 1. The summed E-state index contributed by atoms with van der Waals surface area (Å²) in [6.45, 7) is 3.32. The molecule has 2 N–H and O–H groups in total. The minimum Gasteiger partial charge on any atom is -0.384 e. The molecule has 5 heteroatoms. The van der Waals surface area contributed by atoms with E-state index in [0.29, 0.717) is 13.1 Å². The quantitative estimate of drug-likeness (QED) is 0.907. The van der Waals surface area contributed by atoms with E-state index in [1.54, 1.807) is 11.3 Å². The van der Waals surface area contributed by atoms with E-state index in [2.05, 4.69) is 15.6 Å². The Kier molecular flexibility index (Phi) is 3.69. The van der Waals surface area contributed by atoms with Crippen molar-refractivity contribution < 1.29 is 4.79 Å². The van der Waals surface area contributed by atoms with Gasteiger partial charge in [0.25, 0.3) is 0 Å². The maximum Gasteiger partial charge on any atom is 0.229 e. The summed E-state index contributed by atoms with van der Waals surface area (Å²) in [6, 6.07) is 7.99. The van der Waals surface area contributed by atoms with Gasteiger partial charge in [-0.15, -0.1) is 11.3 Å². The van der Waals surface area contributed by atoms with Crippen molar-refractivity contribution in [1.29, 1.82) is 0 Å². The largest absolute Gasteiger partial charge is 0.384 e. The molecule has 2 aromatic rings. The van der Waals surface area contributed by atoms with Crippen LogP contribution in [0.5, 0.6) is 0 Å². The summed E-state index contributed by atoms with van der Waals surface area (Å²) >= 11 is 1.65. The molecule has 0 bridgehead atoms. The highest BCUT2D eigenvalue weighted by Crippen LogP contribution is 2.30. The van der Waals surface area contributed by atoms with E-state index in [-0.39, 0.29) is 11.8 Å². The summed E-state index contributed by atoms with van der Waals surface area (Å²) < 4.78 is 0. The average Bonchev–Trinajstić information content (AvgIpc) is 3.05. The molecule has 0 saturated carbocycles. The second-order valence-corrected chi connectivity index (χ2v) is 5.98. The van der Waals surface area contributed by atoms with E-state index < -0.39 is 0 Å². The van der Waals surface area contributed by atoms with Crippen LogP contribution in [-0.2, 0) is 11.2 Å². The Labute approximate surface area is 122 Å². The molecule has 2 heterocycles. The van der Waals surface area contributed by atoms with Crippen LogP contribution in [0.3, 0.4) is 0 Å². The van der Waals surface area contributed by atoms with Crippen LogP contribution in [0.4, 0.5) is 5.69 Å². The topological polar surface area (TPSA) is 54.0 Å². The van der Waals surface area contributed by atoms with Crippen molar-refractivity contribution in [3.63, 3.8) is 0 Å². The van der Waals surface area contributed by atoms with Gasteiger partial charge in [-0.3, -0.25) is 4.79 Å². The molecule has 1 aliphatic rings. The van der Waals surface area contributed by atoms with Crippen molar-refractivity contribution in [2.75, 3.05) is 18.4 Å².